The zero-order chi connectivity index (χ0) is 22.8. The van der Waals surface area contributed by atoms with Crippen molar-refractivity contribution in [2.45, 2.75) is 6.18 Å². The first kappa shape index (κ1) is 21.4. The standard InChI is InChI=1S/C21H11F4N3O3/c22-16-4-2-1-3-13(16)14-9-17(28-18(27)15(14)10-26)11-5-7-12(8-6-11)19(29)31-20(30)21(23,24)25/h1-9H,(H2,27,28). The summed E-state index contributed by atoms with van der Waals surface area (Å²) in [5.41, 5.74) is 6.43. The topological polar surface area (TPSA) is 106 Å². The van der Waals surface area contributed by atoms with Crippen LogP contribution in [-0.4, -0.2) is 23.1 Å². The number of aromatic nitrogens is 1. The van der Waals surface area contributed by atoms with E-state index in [1.54, 1.807) is 6.07 Å². The van der Waals surface area contributed by atoms with E-state index in [9.17, 15) is 32.4 Å². The fraction of sp³-hybridized carbons (Fsp3) is 0.0476. The molecule has 0 unspecified atom stereocenters. The maximum atomic E-state index is 14.3. The van der Waals surface area contributed by atoms with Gasteiger partial charge in [-0.25, -0.2) is 19.0 Å². The second kappa shape index (κ2) is 8.23. The highest BCUT2D eigenvalue weighted by Gasteiger charge is 2.42. The molecule has 0 atom stereocenters. The average Bonchev–Trinajstić information content (AvgIpc) is 2.73. The number of ether oxygens (including phenoxy) is 1. The van der Waals surface area contributed by atoms with Crippen LogP contribution in [0.2, 0.25) is 0 Å². The van der Waals surface area contributed by atoms with E-state index in [4.69, 9.17) is 5.73 Å². The molecule has 0 saturated carbocycles. The molecule has 2 N–H and O–H groups in total. The molecule has 0 amide bonds. The van der Waals surface area contributed by atoms with Gasteiger partial charge < -0.3 is 10.5 Å². The monoisotopic (exact) mass is 429 g/mol. The fourth-order valence-electron chi connectivity index (χ4n) is 2.70. The molecular formula is C21H11F4N3O3. The lowest BCUT2D eigenvalue weighted by Gasteiger charge is -2.11. The molecule has 0 aliphatic rings. The van der Waals surface area contributed by atoms with Crippen LogP contribution >= 0.6 is 0 Å². The van der Waals surface area contributed by atoms with E-state index >= 15 is 0 Å². The second-order valence-corrected chi connectivity index (χ2v) is 6.16. The number of nitrogens with two attached hydrogens (primary N) is 1. The van der Waals surface area contributed by atoms with Crippen LogP contribution < -0.4 is 5.73 Å². The summed E-state index contributed by atoms with van der Waals surface area (Å²) in [6.07, 6.45) is -5.30. The lowest BCUT2D eigenvalue weighted by Crippen LogP contribution is -2.28. The number of hydrogen-bond acceptors (Lipinski definition) is 6. The van der Waals surface area contributed by atoms with Gasteiger partial charge in [-0.3, -0.25) is 0 Å². The highest BCUT2D eigenvalue weighted by atomic mass is 19.4. The van der Waals surface area contributed by atoms with Gasteiger partial charge in [-0.1, -0.05) is 30.3 Å². The normalized spacial score (nSPS) is 10.9. The lowest BCUT2D eigenvalue weighted by atomic mass is 9.98. The summed E-state index contributed by atoms with van der Waals surface area (Å²) in [6, 6.07) is 14.0. The molecule has 3 aromatic rings. The van der Waals surface area contributed by atoms with Crippen LogP contribution in [0, 0.1) is 17.1 Å². The van der Waals surface area contributed by atoms with E-state index in [-0.39, 0.29) is 33.8 Å². The maximum absolute atomic E-state index is 14.3. The number of carbonyl (C=O) groups is 2. The summed E-state index contributed by atoms with van der Waals surface area (Å²) in [4.78, 5) is 26.6. The molecule has 156 valence electrons. The number of alkyl halides is 3. The third-order valence-electron chi connectivity index (χ3n) is 4.16. The molecule has 0 spiro atoms. The number of benzene rings is 2. The summed E-state index contributed by atoms with van der Waals surface area (Å²) in [5.74, 6) is -4.84. The molecule has 10 heteroatoms. The van der Waals surface area contributed by atoms with Crippen LogP contribution in [0.1, 0.15) is 15.9 Å². The summed E-state index contributed by atoms with van der Waals surface area (Å²) in [6.45, 7) is 0. The largest absolute Gasteiger partial charge is 0.491 e. The van der Waals surface area contributed by atoms with Gasteiger partial charge in [-0.2, -0.15) is 18.4 Å². The van der Waals surface area contributed by atoms with Crippen molar-refractivity contribution in [3.05, 3.63) is 71.5 Å². The molecule has 0 radical (unpaired) electrons. The first-order valence-electron chi connectivity index (χ1n) is 8.51. The summed E-state index contributed by atoms with van der Waals surface area (Å²) in [7, 11) is 0. The Morgan fingerprint density at radius 1 is 1.03 bits per heavy atom. The number of nitrogens with zero attached hydrogens (tertiary/aromatic N) is 2. The molecule has 0 saturated heterocycles. The van der Waals surface area contributed by atoms with Crippen LogP contribution in [0.25, 0.3) is 22.4 Å². The van der Waals surface area contributed by atoms with E-state index in [0.717, 1.165) is 12.1 Å². The highest BCUT2D eigenvalue weighted by Crippen LogP contribution is 2.32. The number of esters is 2. The molecule has 0 fully saturated rings. The summed E-state index contributed by atoms with van der Waals surface area (Å²) >= 11 is 0. The van der Waals surface area contributed by atoms with Crippen molar-refractivity contribution in [1.29, 1.82) is 5.26 Å². The SMILES string of the molecule is N#Cc1c(-c2ccccc2F)cc(-c2ccc(C(=O)OC(=O)C(F)(F)F)cc2)nc1N. The minimum atomic E-state index is -5.30. The second-order valence-electron chi connectivity index (χ2n) is 6.16. The van der Waals surface area contributed by atoms with Crippen molar-refractivity contribution in [2.75, 3.05) is 5.73 Å². The van der Waals surface area contributed by atoms with Gasteiger partial charge in [0.25, 0.3) is 0 Å². The lowest BCUT2D eigenvalue weighted by molar-refractivity contribution is -0.193. The number of nitrogen functional groups attached to an aromatic ring is 1. The van der Waals surface area contributed by atoms with Crippen LogP contribution in [-0.2, 0) is 9.53 Å². The number of halogens is 4. The van der Waals surface area contributed by atoms with Gasteiger partial charge in [-0.15, -0.1) is 0 Å². The molecule has 0 bridgehead atoms. The predicted molar refractivity (Wildman–Crippen MR) is 101 cm³/mol. The minimum Gasteiger partial charge on any atom is -0.383 e. The van der Waals surface area contributed by atoms with Crippen molar-refractivity contribution in [3.63, 3.8) is 0 Å². The molecule has 3 rings (SSSR count). The summed E-state index contributed by atoms with van der Waals surface area (Å²) in [5, 5.41) is 9.39. The van der Waals surface area contributed by atoms with Crippen molar-refractivity contribution >= 4 is 17.8 Å². The molecule has 0 aliphatic heterocycles. The Labute approximate surface area is 172 Å². The van der Waals surface area contributed by atoms with Gasteiger partial charge in [0.15, 0.2) is 0 Å². The number of carbonyl (C=O) groups excluding carboxylic acids is 2. The molecule has 1 heterocycles. The van der Waals surface area contributed by atoms with Gasteiger partial charge in [0.1, 0.15) is 23.3 Å². The Balaban J connectivity index is 1.97. The number of pyridine rings is 1. The smallest absolute Gasteiger partial charge is 0.383 e. The zero-order valence-corrected chi connectivity index (χ0v) is 15.4. The van der Waals surface area contributed by atoms with Gasteiger partial charge in [0, 0.05) is 16.7 Å². The van der Waals surface area contributed by atoms with E-state index in [0.29, 0.717) is 5.56 Å². The number of hydrogen-bond donors (Lipinski definition) is 1. The van der Waals surface area contributed by atoms with Gasteiger partial charge in [0.05, 0.1) is 11.3 Å². The third-order valence-corrected chi connectivity index (χ3v) is 4.16. The Bertz CT molecular complexity index is 1220. The van der Waals surface area contributed by atoms with Gasteiger partial charge in [-0.05, 0) is 24.3 Å². The number of rotatable bonds is 3. The zero-order valence-electron chi connectivity index (χ0n) is 15.4. The minimum absolute atomic E-state index is 0.0280. The van der Waals surface area contributed by atoms with Gasteiger partial charge >= 0.3 is 18.1 Å². The van der Waals surface area contributed by atoms with Crippen LogP contribution in [0.4, 0.5) is 23.4 Å². The predicted octanol–water partition coefficient (Wildman–Crippen LogP) is 4.25. The molecule has 2 aromatic carbocycles. The van der Waals surface area contributed by atoms with Crippen LogP contribution in [0.5, 0.6) is 0 Å². The Hall–Kier alpha value is -4.26. The van der Waals surface area contributed by atoms with Crippen LogP contribution in [0.3, 0.4) is 0 Å². The molecule has 6 nitrogen and oxygen atoms in total. The van der Waals surface area contributed by atoms with Crippen molar-refractivity contribution in [3.8, 4) is 28.5 Å². The molecular weight excluding hydrogens is 418 g/mol. The van der Waals surface area contributed by atoms with Crippen molar-refractivity contribution in [1.82, 2.24) is 4.98 Å². The van der Waals surface area contributed by atoms with E-state index in [2.05, 4.69) is 9.72 Å². The van der Waals surface area contributed by atoms with Gasteiger partial charge in [0.2, 0.25) is 0 Å². The first-order valence-corrected chi connectivity index (χ1v) is 8.51. The quantitative estimate of drug-likeness (QED) is 0.379. The Kier molecular flexibility index (Phi) is 5.70. The number of nitriles is 1. The van der Waals surface area contributed by atoms with Crippen molar-refractivity contribution in [2.24, 2.45) is 0 Å². The molecule has 31 heavy (non-hydrogen) atoms. The number of anilines is 1. The molecule has 1 aromatic heterocycles. The summed E-state index contributed by atoms with van der Waals surface area (Å²) < 4.78 is 54.7. The Morgan fingerprint density at radius 2 is 1.68 bits per heavy atom. The van der Waals surface area contributed by atoms with E-state index in [1.807, 2.05) is 6.07 Å². The first-order chi connectivity index (χ1) is 14.6. The average molecular weight is 429 g/mol. The maximum Gasteiger partial charge on any atom is 0.491 e. The highest BCUT2D eigenvalue weighted by molar-refractivity contribution is 5.98. The van der Waals surface area contributed by atoms with E-state index in [1.165, 1.54) is 36.4 Å². The van der Waals surface area contributed by atoms with Crippen LogP contribution in [0.15, 0.2) is 54.6 Å². The van der Waals surface area contributed by atoms with Crippen molar-refractivity contribution < 1.29 is 31.9 Å². The Morgan fingerprint density at radius 3 is 2.26 bits per heavy atom. The third kappa shape index (κ3) is 4.51. The fourth-order valence-corrected chi connectivity index (χ4v) is 2.70. The molecule has 0 aliphatic carbocycles. The van der Waals surface area contributed by atoms with E-state index < -0.39 is 23.9 Å².